The maximum Gasteiger partial charge on any atom is 0.433 e. The lowest BCUT2D eigenvalue weighted by Gasteiger charge is -2.15. The standard InChI is InChI=1S/C16H15F4N3O/c1-2-23-14(16(18,19)20)12(8-21-23)15(24)22-13-6-3-9-7-10(17)4-5-11(9)13/h4-5,7-8,13H,2-3,6H2,1H3,(H,22,24). The van der Waals surface area contributed by atoms with E-state index in [2.05, 4.69) is 10.4 Å². The van der Waals surface area contributed by atoms with E-state index in [1.54, 1.807) is 6.07 Å². The zero-order chi connectivity index (χ0) is 17.5. The fourth-order valence-corrected chi connectivity index (χ4v) is 3.06. The van der Waals surface area contributed by atoms with E-state index in [1.165, 1.54) is 19.1 Å². The molecule has 1 heterocycles. The first-order valence-corrected chi connectivity index (χ1v) is 7.53. The van der Waals surface area contributed by atoms with Crippen LogP contribution in [-0.2, 0) is 19.1 Å². The highest BCUT2D eigenvalue weighted by Gasteiger charge is 2.40. The van der Waals surface area contributed by atoms with Crippen molar-refractivity contribution >= 4 is 5.91 Å². The van der Waals surface area contributed by atoms with Crippen molar-refractivity contribution in [2.45, 2.75) is 38.5 Å². The molecule has 24 heavy (non-hydrogen) atoms. The molecule has 2 aromatic rings. The number of alkyl halides is 3. The third kappa shape index (κ3) is 2.88. The summed E-state index contributed by atoms with van der Waals surface area (Å²) in [6.07, 6.45) is -2.65. The predicted molar refractivity (Wildman–Crippen MR) is 77.8 cm³/mol. The number of hydrogen-bond acceptors (Lipinski definition) is 2. The van der Waals surface area contributed by atoms with E-state index < -0.39 is 29.4 Å². The van der Waals surface area contributed by atoms with Crippen molar-refractivity contribution in [2.75, 3.05) is 0 Å². The van der Waals surface area contributed by atoms with Gasteiger partial charge in [-0.05, 0) is 43.0 Å². The first kappa shape index (κ1) is 16.5. The molecule has 0 aliphatic heterocycles. The monoisotopic (exact) mass is 341 g/mol. The minimum atomic E-state index is -4.67. The molecule has 1 amide bonds. The Morgan fingerprint density at radius 3 is 2.83 bits per heavy atom. The molecular weight excluding hydrogens is 326 g/mol. The molecule has 1 aliphatic carbocycles. The van der Waals surface area contributed by atoms with Gasteiger partial charge < -0.3 is 5.32 Å². The molecule has 0 fully saturated rings. The Balaban J connectivity index is 1.87. The lowest BCUT2D eigenvalue weighted by molar-refractivity contribution is -0.144. The van der Waals surface area contributed by atoms with Gasteiger partial charge in [-0.1, -0.05) is 6.07 Å². The molecule has 0 spiro atoms. The number of fused-ring (bicyclic) bond motifs is 1. The average Bonchev–Trinajstić information content (AvgIpc) is 3.10. The van der Waals surface area contributed by atoms with E-state index in [9.17, 15) is 22.4 Å². The first-order chi connectivity index (χ1) is 11.3. The Morgan fingerprint density at radius 2 is 2.17 bits per heavy atom. The normalized spacial score (nSPS) is 17.0. The molecule has 3 rings (SSSR count). The Kier molecular flexibility index (Phi) is 4.06. The maximum atomic E-state index is 13.2. The van der Waals surface area contributed by atoms with Gasteiger partial charge in [0.2, 0.25) is 0 Å². The molecule has 8 heteroatoms. The van der Waals surface area contributed by atoms with Crippen LogP contribution in [0, 0.1) is 5.82 Å². The van der Waals surface area contributed by atoms with Crippen LogP contribution in [0.1, 0.15) is 46.6 Å². The van der Waals surface area contributed by atoms with E-state index in [-0.39, 0.29) is 12.4 Å². The quantitative estimate of drug-likeness (QED) is 0.869. The molecule has 1 atom stereocenters. The second kappa shape index (κ2) is 5.92. The van der Waals surface area contributed by atoms with Crippen LogP contribution in [0.5, 0.6) is 0 Å². The topological polar surface area (TPSA) is 46.9 Å². The zero-order valence-electron chi connectivity index (χ0n) is 12.8. The summed E-state index contributed by atoms with van der Waals surface area (Å²) >= 11 is 0. The number of hydrogen-bond donors (Lipinski definition) is 1. The van der Waals surface area contributed by atoms with Crippen LogP contribution in [0.15, 0.2) is 24.4 Å². The fourth-order valence-electron chi connectivity index (χ4n) is 3.06. The number of benzene rings is 1. The fraction of sp³-hybridized carbons (Fsp3) is 0.375. The second-order valence-corrected chi connectivity index (χ2v) is 5.63. The molecule has 0 radical (unpaired) electrons. The number of carbonyl (C=O) groups excluding carboxylic acids is 1. The molecular formula is C16H15F4N3O. The van der Waals surface area contributed by atoms with E-state index in [4.69, 9.17) is 0 Å². The second-order valence-electron chi connectivity index (χ2n) is 5.63. The highest BCUT2D eigenvalue weighted by Crippen LogP contribution is 2.34. The van der Waals surface area contributed by atoms with Crippen molar-refractivity contribution in [1.29, 1.82) is 0 Å². The number of nitrogens with zero attached hydrogens (tertiary/aromatic N) is 2. The van der Waals surface area contributed by atoms with Gasteiger partial charge in [-0.3, -0.25) is 9.48 Å². The minimum Gasteiger partial charge on any atom is -0.345 e. The zero-order valence-corrected chi connectivity index (χ0v) is 12.8. The van der Waals surface area contributed by atoms with Crippen molar-refractivity contribution in [3.05, 3.63) is 52.6 Å². The summed E-state index contributed by atoms with van der Waals surface area (Å²) in [5.74, 6) is -1.20. The summed E-state index contributed by atoms with van der Waals surface area (Å²) in [4.78, 5) is 12.3. The predicted octanol–water partition coefficient (Wildman–Crippen LogP) is 3.48. The van der Waals surface area contributed by atoms with Gasteiger partial charge in [0.1, 0.15) is 5.82 Å². The van der Waals surface area contributed by atoms with Crippen LogP contribution >= 0.6 is 0 Å². The number of aromatic nitrogens is 2. The Labute approximate surface area is 135 Å². The minimum absolute atomic E-state index is 0.00760. The van der Waals surface area contributed by atoms with E-state index >= 15 is 0 Å². The van der Waals surface area contributed by atoms with E-state index in [1.807, 2.05) is 0 Å². The molecule has 128 valence electrons. The number of aryl methyl sites for hydroxylation is 2. The number of amides is 1. The highest BCUT2D eigenvalue weighted by atomic mass is 19.4. The Morgan fingerprint density at radius 1 is 1.42 bits per heavy atom. The number of rotatable bonds is 3. The van der Waals surface area contributed by atoms with Gasteiger partial charge in [-0.2, -0.15) is 18.3 Å². The van der Waals surface area contributed by atoms with Crippen LogP contribution in [0.4, 0.5) is 17.6 Å². The Bertz CT molecular complexity index is 782. The molecule has 0 bridgehead atoms. The smallest absolute Gasteiger partial charge is 0.345 e. The summed E-state index contributed by atoms with van der Waals surface area (Å²) in [6, 6.07) is 3.79. The van der Waals surface area contributed by atoms with E-state index in [0.717, 1.165) is 22.0 Å². The number of carbonyl (C=O) groups is 1. The molecule has 1 aromatic heterocycles. The molecule has 4 nitrogen and oxygen atoms in total. The van der Waals surface area contributed by atoms with Crippen LogP contribution in [0.25, 0.3) is 0 Å². The SMILES string of the molecule is CCn1ncc(C(=O)NC2CCc3cc(F)ccc32)c1C(F)(F)F. The lowest BCUT2D eigenvalue weighted by Crippen LogP contribution is -2.29. The Hall–Kier alpha value is -2.38. The van der Waals surface area contributed by atoms with Crippen LogP contribution in [0.3, 0.4) is 0 Å². The van der Waals surface area contributed by atoms with Crippen molar-refractivity contribution < 1.29 is 22.4 Å². The summed E-state index contributed by atoms with van der Waals surface area (Å²) in [7, 11) is 0. The summed E-state index contributed by atoms with van der Waals surface area (Å²) in [5, 5.41) is 6.24. The largest absolute Gasteiger partial charge is 0.433 e. The molecule has 1 aromatic carbocycles. The third-order valence-electron chi connectivity index (χ3n) is 4.14. The number of halogens is 4. The highest BCUT2D eigenvalue weighted by molar-refractivity contribution is 5.95. The molecule has 1 aliphatic rings. The summed E-state index contributed by atoms with van der Waals surface area (Å²) < 4.78 is 53.6. The average molecular weight is 341 g/mol. The van der Waals surface area contributed by atoms with Crippen LogP contribution < -0.4 is 5.32 Å². The van der Waals surface area contributed by atoms with Gasteiger partial charge in [0.15, 0.2) is 5.69 Å². The number of nitrogens with one attached hydrogen (secondary N) is 1. The summed E-state index contributed by atoms with van der Waals surface area (Å²) in [5.41, 5.74) is -0.0541. The van der Waals surface area contributed by atoms with Gasteiger partial charge in [-0.25, -0.2) is 4.39 Å². The van der Waals surface area contributed by atoms with Gasteiger partial charge in [-0.15, -0.1) is 0 Å². The lowest BCUT2D eigenvalue weighted by atomic mass is 10.1. The van der Waals surface area contributed by atoms with Gasteiger partial charge in [0, 0.05) is 6.54 Å². The van der Waals surface area contributed by atoms with Crippen molar-refractivity contribution in [3.63, 3.8) is 0 Å². The third-order valence-corrected chi connectivity index (χ3v) is 4.14. The van der Waals surface area contributed by atoms with Crippen molar-refractivity contribution in [3.8, 4) is 0 Å². The molecule has 0 saturated carbocycles. The summed E-state index contributed by atoms with van der Waals surface area (Å²) in [6.45, 7) is 1.53. The van der Waals surface area contributed by atoms with Gasteiger partial charge in [0.05, 0.1) is 17.8 Å². The molecule has 1 N–H and O–H groups in total. The first-order valence-electron chi connectivity index (χ1n) is 7.53. The van der Waals surface area contributed by atoms with Crippen molar-refractivity contribution in [1.82, 2.24) is 15.1 Å². The van der Waals surface area contributed by atoms with Crippen LogP contribution in [-0.4, -0.2) is 15.7 Å². The van der Waals surface area contributed by atoms with Gasteiger partial charge >= 0.3 is 6.18 Å². The van der Waals surface area contributed by atoms with Crippen LogP contribution in [0.2, 0.25) is 0 Å². The molecule has 0 saturated heterocycles. The maximum absolute atomic E-state index is 13.2. The van der Waals surface area contributed by atoms with E-state index in [0.29, 0.717) is 12.8 Å². The van der Waals surface area contributed by atoms with Gasteiger partial charge in [0.25, 0.3) is 5.91 Å². The van der Waals surface area contributed by atoms with Crippen molar-refractivity contribution in [2.24, 2.45) is 0 Å². The molecule has 1 unspecified atom stereocenters.